The summed E-state index contributed by atoms with van der Waals surface area (Å²) < 4.78 is 5.95. The first-order chi connectivity index (χ1) is 10.7. The molecular formula is C15H13N5O2. The van der Waals surface area contributed by atoms with Crippen LogP contribution >= 0.6 is 0 Å². The van der Waals surface area contributed by atoms with E-state index in [0.717, 1.165) is 16.8 Å². The largest absolute Gasteiger partial charge is 0.441 e. The van der Waals surface area contributed by atoms with E-state index in [4.69, 9.17) is 0 Å². The van der Waals surface area contributed by atoms with Gasteiger partial charge in [0.15, 0.2) is 5.82 Å². The highest BCUT2D eigenvalue weighted by Gasteiger charge is 2.08. The van der Waals surface area contributed by atoms with Crippen LogP contribution in [0.5, 0.6) is 0 Å². The molecule has 2 heterocycles. The van der Waals surface area contributed by atoms with Crippen LogP contribution in [0.4, 0.5) is 5.69 Å². The van der Waals surface area contributed by atoms with Crippen LogP contribution in [-0.4, -0.2) is 14.7 Å². The lowest BCUT2D eigenvalue weighted by atomic mass is 10.2. The first-order valence-electron chi connectivity index (χ1n) is 6.63. The molecule has 0 N–H and O–H groups in total. The van der Waals surface area contributed by atoms with E-state index in [0.29, 0.717) is 12.4 Å². The average Bonchev–Trinajstić information content (AvgIpc) is 2.89. The highest BCUT2D eigenvalue weighted by atomic mass is 16.5. The second-order valence-corrected chi connectivity index (χ2v) is 4.63. The van der Waals surface area contributed by atoms with Crippen molar-refractivity contribution in [1.82, 2.24) is 14.7 Å². The van der Waals surface area contributed by atoms with Crippen molar-refractivity contribution in [2.24, 2.45) is 17.3 Å². The summed E-state index contributed by atoms with van der Waals surface area (Å²) in [4.78, 5) is 15.2. The Kier molecular flexibility index (Phi) is 3.86. The standard InChI is InChI=1S/C15H13N5O2/c1-20-14(19-22-15(20)21)12-2-4-13(5-3-12)18-17-10-11-6-8-16-9-7-11/h2-9H,10H2,1H3. The van der Waals surface area contributed by atoms with Crippen LogP contribution in [0.1, 0.15) is 5.56 Å². The fourth-order valence-electron chi connectivity index (χ4n) is 1.90. The minimum absolute atomic E-state index is 0.477. The predicted octanol–water partition coefficient (Wildman–Crippen LogP) is 2.72. The Morgan fingerprint density at radius 3 is 2.50 bits per heavy atom. The molecule has 7 nitrogen and oxygen atoms in total. The number of nitrogens with zero attached hydrogens (tertiary/aromatic N) is 5. The summed E-state index contributed by atoms with van der Waals surface area (Å²) in [5, 5.41) is 12.0. The van der Waals surface area contributed by atoms with Gasteiger partial charge in [-0.2, -0.15) is 10.2 Å². The molecule has 0 amide bonds. The van der Waals surface area contributed by atoms with E-state index in [1.807, 2.05) is 36.4 Å². The molecule has 110 valence electrons. The van der Waals surface area contributed by atoms with Gasteiger partial charge in [-0.1, -0.05) is 5.16 Å². The van der Waals surface area contributed by atoms with E-state index in [2.05, 4.69) is 24.9 Å². The smallest absolute Gasteiger partial charge is 0.295 e. The van der Waals surface area contributed by atoms with Crippen molar-refractivity contribution in [2.45, 2.75) is 6.54 Å². The van der Waals surface area contributed by atoms with E-state index < -0.39 is 5.76 Å². The summed E-state index contributed by atoms with van der Waals surface area (Å²) in [6.07, 6.45) is 3.45. The molecule has 0 aliphatic heterocycles. The van der Waals surface area contributed by atoms with E-state index in [1.165, 1.54) is 4.57 Å². The lowest BCUT2D eigenvalue weighted by Crippen LogP contribution is -2.09. The van der Waals surface area contributed by atoms with Crippen LogP contribution in [0.3, 0.4) is 0 Å². The SMILES string of the molecule is Cn1c(-c2ccc(N=NCc3ccncc3)cc2)noc1=O. The number of rotatable bonds is 4. The van der Waals surface area contributed by atoms with Crippen molar-refractivity contribution in [3.05, 3.63) is 64.9 Å². The van der Waals surface area contributed by atoms with Crippen molar-refractivity contribution >= 4 is 5.69 Å². The summed E-state index contributed by atoms with van der Waals surface area (Å²) in [6, 6.07) is 11.0. The molecule has 0 saturated heterocycles. The summed E-state index contributed by atoms with van der Waals surface area (Å²) >= 11 is 0. The maximum absolute atomic E-state index is 11.3. The molecule has 2 aromatic heterocycles. The van der Waals surface area contributed by atoms with E-state index in [9.17, 15) is 4.79 Å². The second-order valence-electron chi connectivity index (χ2n) is 4.63. The van der Waals surface area contributed by atoms with Crippen LogP contribution in [-0.2, 0) is 13.6 Å². The summed E-state index contributed by atoms with van der Waals surface area (Å²) in [5.41, 5.74) is 2.56. The first-order valence-corrected chi connectivity index (χ1v) is 6.63. The van der Waals surface area contributed by atoms with Gasteiger partial charge in [-0.25, -0.2) is 4.79 Å². The van der Waals surface area contributed by atoms with Crippen molar-refractivity contribution < 1.29 is 4.52 Å². The number of pyridine rings is 1. The van der Waals surface area contributed by atoms with Crippen molar-refractivity contribution in [3.63, 3.8) is 0 Å². The summed E-state index contributed by atoms with van der Waals surface area (Å²) in [6.45, 7) is 0.502. The van der Waals surface area contributed by atoms with E-state index in [-0.39, 0.29) is 0 Å². The number of benzene rings is 1. The van der Waals surface area contributed by atoms with Crippen molar-refractivity contribution in [3.8, 4) is 11.4 Å². The van der Waals surface area contributed by atoms with Gasteiger partial charge in [-0.05, 0) is 42.0 Å². The molecule has 0 fully saturated rings. The Morgan fingerprint density at radius 1 is 1.14 bits per heavy atom. The van der Waals surface area contributed by atoms with Gasteiger partial charge in [0.25, 0.3) is 0 Å². The van der Waals surface area contributed by atoms with Gasteiger partial charge in [0.2, 0.25) is 0 Å². The normalized spacial score (nSPS) is 11.1. The molecule has 0 aliphatic rings. The maximum Gasteiger partial charge on any atom is 0.441 e. The third-order valence-electron chi connectivity index (χ3n) is 3.12. The molecule has 0 atom stereocenters. The highest BCUT2D eigenvalue weighted by molar-refractivity contribution is 5.58. The Morgan fingerprint density at radius 2 is 1.86 bits per heavy atom. The molecule has 0 bridgehead atoms. The maximum atomic E-state index is 11.3. The van der Waals surface area contributed by atoms with Crippen LogP contribution < -0.4 is 5.76 Å². The number of hydrogen-bond donors (Lipinski definition) is 0. The van der Waals surface area contributed by atoms with Crippen LogP contribution in [0, 0.1) is 0 Å². The summed E-state index contributed by atoms with van der Waals surface area (Å²) in [7, 11) is 1.61. The van der Waals surface area contributed by atoms with Gasteiger partial charge in [0.05, 0.1) is 12.2 Å². The topological polar surface area (TPSA) is 85.6 Å². The van der Waals surface area contributed by atoms with Gasteiger partial charge in [-0.3, -0.25) is 14.1 Å². The lowest BCUT2D eigenvalue weighted by Gasteiger charge is -1.99. The predicted molar refractivity (Wildman–Crippen MR) is 79.6 cm³/mol. The van der Waals surface area contributed by atoms with Gasteiger partial charge in [-0.15, -0.1) is 0 Å². The van der Waals surface area contributed by atoms with Gasteiger partial charge in [0.1, 0.15) is 0 Å². The van der Waals surface area contributed by atoms with Gasteiger partial charge < -0.3 is 0 Å². The molecule has 3 aromatic rings. The zero-order chi connectivity index (χ0) is 15.4. The molecule has 0 unspecified atom stereocenters. The first kappa shape index (κ1) is 13.9. The average molecular weight is 295 g/mol. The fourth-order valence-corrected chi connectivity index (χ4v) is 1.90. The minimum Gasteiger partial charge on any atom is -0.295 e. The second kappa shape index (κ2) is 6.13. The molecular weight excluding hydrogens is 282 g/mol. The third-order valence-corrected chi connectivity index (χ3v) is 3.12. The van der Waals surface area contributed by atoms with Crippen LogP contribution in [0.15, 0.2) is 68.3 Å². The Bertz CT molecular complexity index is 834. The quantitative estimate of drug-likeness (QED) is 0.692. The third kappa shape index (κ3) is 2.98. The summed E-state index contributed by atoms with van der Waals surface area (Å²) in [5.74, 6) is -0.0126. The number of azo groups is 1. The van der Waals surface area contributed by atoms with Gasteiger partial charge in [0, 0.05) is 25.0 Å². The van der Waals surface area contributed by atoms with Gasteiger partial charge >= 0.3 is 5.76 Å². The molecule has 0 saturated carbocycles. The molecule has 0 aliphatic carbocycles. The monoisotopic (exact) mass is 295 g/mol. The van der Waals surface area contributed by atoms with Crippen molar-refractivity contribution in [1.29, 1.82) is 0 Å². The lowest BCUT2D eigenvalue weighted by molar-refractivity contribution is 0.380. The molecule has 0 spiro atoms. The zero-order valence-corrected chi connectivity index (χ0v) is 11.9. The molecule has 22 heavy (non-hydrogen) atoms. The fraction of sp³-hybridized carbons (Fsp3) is 0.133. The van der Waals surface area contributed by atoms with Crippen LogP contribution in [0.2, 0.25) is 0 Å². The number of aromatic nitrogens is 3. The molecule has 0 radical (unpaired) electrons. The van der Waals surface area contributed by atoms with E-state index in [1.54, 1.807) is 19.4 Å². The highest BCUT2D eigenvalue weighted by Crippen LogP contribution is 2.20. The number of hydrogen-bond acceptors (Lipinski definition) is 6. The zero-order valence-electron chi connectivity index (χ0n) is 11.9. The molecule has 1 aromatic carbocycles. The Balaban J connectivity index is 1.72. The Hall–Kier alpha value is -3.09. The van der Waals surface area contributed by atoms with E-state index >= 15 is 0 Å². The molecule has 3 rings (SSSR count). The minimum atomic E-state index is -0.490. The van der Waals surface area contributed by atoms with Crippen molar-refractivity contribution in [2.75, 3.05) is 0 Å². The van der Waals surface area contributed by atoms with Crippen LogP contribution in [0.25, 0.3) is 11.4 Å². The Labute approximate surface area is 125 Å². The molecule has 7 heteroatoms.